The van der Waals surface area contributed by atoms with Gasteiger partial charge < -0.3 is 16.8 Å². The Labute approximate surface area is 104 Å². The fourth-order valence-corrected chi connectivity index (χ4v) is 1.76. The van der Waals surface area contributed by atoms with Gasteiger partial charge in [0.2, 0.25) is 5.91 Å². The molecule has 88 valence electrons. The van der Waals surface area contributed by atoms with Gasteiger partial charge in [-0.1, -0.05) is 23.2 Å². The summed E-state index contributed by atoms with van der Waals surface area (Å²) in [6.07, 6.45) is 0. The Hall–Kier alpha value is -0.810. The first-order valence-electron chi connectivity index (χ1n) is 4.69. The van der Waals surface area contributed by atoms with Crippen LogP contribution in [0.1, 0.15) is 5.56 Å². The average molecular weight is 262 g/mol. The highest BCUT2D eigenvalue weighted by Crippen LogP contribution is 2.18. The quantitative estimate of drug-likeness (QED) is 0.737. The fraction of sp³-hybridized carbons (Fsp3) is 0.300. The lowest BCUT2D eigenvalue weighted by molar-refractivity contribution is -0.119. The Balaban J connectivity index is 2.46. The Morgan fingerprint density at radius 1 is 1.31 bits per heavy atom. The van der Waals surface area contributed by atoms with E-state index in [0.29, 0.717) is 23.1 Å². The lowest BCUT2D eigenvalue weighted by atomic mass is 10.2. The lowest BCUT2D eigenvalue weighted by Gasteiger charge is -2.09. The van der Waals surface area contributed by atoms with Crippen LogP contribution in [0.3, 0.4) is 0 Å². The Morgan fingerprint density at radius 3 is 2.38 bits per heavy atom. The lowest BCUT2D eigenvalue weighted by Crippen LogP contribution is -2.44. The molecule has 0 fully saturated rings. The second kappa shape index (κ2) is 6.06. The van der Waals surface area contributed by atoms with Gasteiger partial charge in [0.15, 0.2) is 0 Å². The number of hydrogen-bond donors (Lipinski definition) is 3. The van der Waals surface area contributed by atoms with Gasteiger partial charge in [0.05, 0.1) is 6.04 Å². The van der Waals surface area contributed by atoms with Crippen LogP contribution >= 0.6 is 23.2 Å². The van der Waals surface area contributed by atoms with Crippen LogP contribution in [0.25, 0.3) is 0 Å². The molecule has 16 heavy (non-hydrogen) atoms. The summed E-state index contributed by atoms with van der Waals surface area (Å²) in [6.45, 7) is 0.848. The molecule has 1 aromatic rings. The van der Waals surface area contributed by atoms with Gasteiger partial charge in [-0.3, -0.25) is 4.79 Å². The maximum Gasteiger partial charge on any atom is 0.235 e. The number of primary amides is 1. The summed E-state index contributed by atoms with van der Waals surface area (Å²) in [7, 11) is 0. The maximum atomic E-state index is 10.7. The predicted molar refractivity (Wildman–Crippen MR) is 65.3 cm³/mol. The van der Waals surface area contributed by atoms with Crippen molar-refractivity contribution in [1.29, 1.82) is 0 Å². The predicted octanol–water partition coefficient (Wildman–Crippen LogP) is 0.896. The molecule has 4 nitrogen and oxygen atoms in total. The van der Waals surface area contributed by atoms with Crippen molar-refractivity contribution in [2.45, 2.75) is 12.6 Å². The van der Waals surface area contributed by atoms with E-state index in [1.165, 1.54) is 0 Å². The minimum atomic E-state index is -0.686. The molecule has 0 radical (unpaired) electrons. The second-order valence-corrected chi connectivity index (χ2v) is 4.29. The zero-order valence-corrected chi connectivity index (χ0v) is 10.1. The maximum absolute atomic E-state index is 10.7. The van der Waals surface area contributed by atoms with Crippen LogP contribution in [0.5, 0.6) is 0 Å². The molecule has 0 bridgehead atoms. The molecule has 1 aromatic carbocycles. The van der Waals surface area contributed by atoms with Gasteiger partial charge in [-0.15, -0.1) is 0 Å². The molecule has 5 N–H and O–H groups in total. The molecule has 0 spiro atoms. The summed E-state index contributed by atoms with van der Waals surface area (Å²) in [5, 5.41) is 4.14. The van der Waals surface area contributed by atoms with Gasteiger partial charge in [0.25, 0.3) is 0 Å². The molecule has 0 aliphatic carbocycles. The van der Waals surface area contributed by atoms with Gasteiger partial charge in [0.1, 0.15) is 0 Å². The number of amides is 1. The van der Waals surface area contributed by atoms with Gasteiger partial charge in [-0.2, -0.15) is 0 Å². The zero-order chi connectivity index (χ0) is 12.1. The van der Waals surface area contributed by atoms with Crippen LogP contribution in [0.15, 0.2) is 18.2 Å². The number of halogens is 2. The Morgan fingerprint density at radius 2 is 1.88 bits per heavy atom. The standard InChI is InChI=1S/C10H13Cl2N3O/c11-7-1-6(2-8(12)3-7)4-15-5-9(13)10(14)16/h1-3,9,15H,4-5,13H2,(H2,14,16). The van der Waals surface area contributed by atoms with Gasteiger partial charge >= 0.3 is 0 Å². The van der Waals surface area contributed by atoms with Crippen LogP contribution < -0.4 is 16.8 Å². The number of carbonyl (C=O) groups is 1. The molecule has 1 atom stereocenters. The fourth-order valence-electron chi connectivity index (χ4n) is 1.19. The van der Waals surface area contributed by atoms with Crippen molar-refractivity contribution in [1.82, 2.24) is 5.32 Å². The summed E-state index contributed by atoms with van der Waals surface area (Å²) in [4.78, 5) is 10.7. The van der Waals surface area contributed by atoms with Crippen LogP contribution in [-0.2, 0) is 11.3 Å². The van der Waals surface area contributed by atoms with Gasteiger partial charge in [-0.05, 0) is 23.8 Å². The van der Waals surface area contributed by atoms with Crippen LogP contribution in [-0.4, -0.2) is 18.5 Å². The molecule has 1 rings (SSSR count). The molecule has 1 amide bonds. The minimum Gasteiger partial charge on any atom is -0.368 e. The van der Waals surface area contributed by atoms with Crippen LogP contribution in [0.2, 0.25) is 10.0 Å². The number of hydrogen-bond acceptors (Lipinski definition) is 3. The summed E-state index contributed by atoms with van der Waals surface area (Å²) in [5.41, 5.74) is 11.4. The summed E-state index contributed by atoms with van der Waals surface area (Å²) >= 11 is 11.7. The third-order valence-electron chi connectivity index (χ3n) is 1.98. The van der Waals surface area contributed by atoms with Crippen molar-refractivity contribution >= 4 is 29.1 Å². The van der Waals surface area contributed by atoms with E-state index in [0.717, 1.165) is 5.56 Å². The molecular weight excluding hydrogens is 249 g/mol. The number of carbonyl (C=O) groups excluding carboxylic acids is 1. The smallest absolute Gasteiger partial charge is 0.235 e. The van der Waals surface area contributed by atoms with E-state index in [1.807, 2.05) is 0 Å². The minimum absolute atomic E-state index is 0.319. The average Bonchev–Trinajstić information content (AvgIpc) is 2.15. The number of nitrogens with one attached hydrogen (secondary N) is 1. The third kappa shape index (κ3) is 4.37. The molecule has 0 heterocycles. The number of nitrogens with two attached hydrogens (primary N) is 2. The largest absolute Gasteiger partial charge is 0.368 e. The summed E-state index contributed by atoms with van der Waals surface area (Å²) in [5.74, 6) is -0.531. The SMILES string of the molecule is NC(=O)C(N)CNCc1cc(Cl)cc(Cl)c1. The van der Waals surface area contributed by atoms with Crippen molar-refractivity contribution in [3.63, 3.8) is 0 Å². The highest BCUT2D eigenvalue weighted by atomic mass is 35.5. The molecule has 6 heteroatoms. The normalized spacial score (nSPS) is 12.4. The van der Waals surface area contributed by atoms with Gasteiger partial charge in [-0.25, -0.2) is 0 Å². The van der Waals surface area contributed by atoms with E-state index in [1.54, 1.807) is 18.2 Å². The topological polar surface area (TPSA) is 81.1 Å². The zero-order valence-electron chi connectivity index (χ0n) is 8.54. The first-order valence-corrected chi connectivity index (χ1v) is 5.45. The molecular formula is C10H13Cl2N3O. The van der Waals surface area contributed by atoms with Crippen LogP contribution in [0.4, 0.5) is 0 Å². The van der Waals surface area contributed by atoms with Crippen molar-refractivity contribution in [2.75, 3.05) is 6.54 Å². The van der Waals surface area contributed by atoms with Crippen molar-refractivity contribution in [3.05, 3.63) is 33.8 Å². The van der Waals surface area contributed by atoms with E-state index >= 15 is 0 Å². The highest BCUT2D eigenvalue weighted by molar-refractivity contribution is 6.34. The van der Waals surface area contributed by atoms with E-state index in [-0.39, 0.29) is 0 Å². The monoisotopic (exact) mass is 261 g/mol. The molecule has 0 aliphatic rings. The number of rotatable bonds is 5. The van der Waals surface area contributed by atoms with E-state index in [9.17, 15) is 4.79 Å². The van der Waals surface area contributed by atoms with Crippen LogP contribution in [0, 0.1) is 0 Å². The Kier molecular flexibility index (Phi) is 5.02. The summed E-state index contributed by atoms with van der Waals surface area (Å²) < 4.78 is 0. The van der Waals surface area contributed by atoms with E-state index in [4.69, 9.17) is 34.7 Å². The molecule has 0 aromatic heterocycles. The molecule has 0 aliphatic heterocycles. The van der Waals surface area contributed by atoms with Crippen molar-refractivity contribution < 1.29 is 4.79 Å². The third-order valence-corrected chi connectivity index (χ3v) is 2.42. The van der Waals surface area contributed by atoms with E-state index in [2.05, 4.69) is 5.32 Å². The first kappa shape index (κ1) is 13.3. The van der Waals surface area contributed by atoms with Crippen molar-refractivity contribution in [2.24, 2.45) is 11.5 Å². The Bertz CT molecular complexity index is 364. The van der Waals surface area contributed by atoms with E-state index < -0.39 is 11.9 Å². The second-order valence-electron chi connectivity index (χ2n) is 3.42. The summed E-state index contributed by atoms with van der Waals surface area (Å²) in [6, 6.07) is 4.54. The first-order chi connectivity index (χ1) is 7.49. The molecule has 1 unspecified atom stereocenters. The van der Waals surface area contributed by atoms with Gasteiger partial charge in [0, 0.05) is 23.1 Å². The number of benzene rings is 1. The highest BCUT2D eigenvalue weighted by Gasteiger charge is 2.07. The van der Waals surface area contributed by atoms with Crippen molar-refractivity contribution in [3.8, 4) is 0 Å². The molecule has 0 saturated carbocycles. The molecule has 0 saturated heterocycles.